The Morgan fingerprint density at radius 3 is 2.53 bits per heavy atom. The van der Waals surface area contributed by atoms with Crippen molar-refractivity contribution in [2.24, 2.45) is 0 Å². The van der Waals surface area contributed by atoms with E-state index >= 15 is 0 Å². The largest absolute Gasteiger partial charge is 0.372 e. The van der Waals surface area contributed by atoms with Crippen LogP contribution in [0.1, 0.15) is 26.3 Å². The Balaban J connectivity index is 1.56. The fourth-order valence-electron chi connectivity index (χ4n) is 3.58. The number of anilines is 3. The molecular formula is C22H25FN6O. The number of benzene rings is 1. The van der Waals surface area contributed by atoms with Gasteiger partial charge in [-0.25, -0.2) is 9.37 Å². The third-order valence-corrected chi connectivity index (χ3v) is 5.03. The maximum Gasteiger partial charge on any atom is 0.227 e. The second-order valence-electron chi connectivity index (χ2n) is 7.53. The van der Waals surface area contributed by atoms with Crippen LogP contribution in [0.2, 0.25) is 0 Å². The van der Waals surface area contributed by atoms with Crippen LogP contribution >= 0.6 is 0 Å². The summed E-state index contributed by atoms with van der Waals surface area (Å²) in [5.41, 5.74) is 3.17. The predicted octanol–water partition coefficient (Wildman–Crippen LogP) is 3.99. The highest BCUT2D eigenvalue weighted by molar-refractivity contribution is 5.67. The van der Waals surface area contributed by atoms with E-state index in [0.29, 0.717) is 24.9 Å². The Kier molecular flexibility index (Phi) is 5.85. The highest BCUT2D eigenvalue weighted by Crippen LogP contribution is 2.25. The Labute approximate surface area is 175 Å². The number of ether oxygens (including phenoxy) is 1. The molecule has 1 aliphatic rings. The minimum Gasteiger partial charge on any atom is -0.372 e. The van der Waals surface area contributed by atoms with Gasteiger partial charge in [-0.15, -0.1) is 5.10 Å². The molecular weight excluding hydrogens is 383 g/mol. The quantitative estimate of drug-likeness (QED) is 0.684. The molecule has 0 aliphatic carbocycles. The normalized spacial score (nSPS) is 19.0. The van der Waals surface area contributed by atoms with E-state index in [2.05, 4.69) is 44.5 Å². The first-order valence-corrected chi connectivity index (χ1v) is 10.1. The molecule has 1 saturated heterocycles. The minimum atomic E-state index is -0.549. The van der Waals surface area contributed by atoms with Crippen LogP contribution in [0.15, 0.2) is 42.7 Å². The average molecular weight is 408 g/mol. The summed E-state index contributed by atoms with van der Waals surface area (Å²) in [6.07, 6.45) is 3.96. The van der Waals surface area contributed by atoms with Crippen LogP contribution in [0.5, 0.6) is 0 Å². The fraction of sp³-hybridized carbons (Fsp3) is 0.364. The molecule has 8 heteroatoms. The lowest BCUT2D eigenvalue weighted by Crippen LogP contribution is -2.46. The van der Waals surface area contributed by atoms with Gasteiger partial charge in [0.2, 0.25) is 5.95 Å². The van der Waals surface area contributed by atoms with E-state index in [1.807, 2.05) is 36.9 Å². The summed E-state index contributed by atoms with van der Waals surface area (Å²) in [4.78, 5) is 10.6. The Morgan fingerprint density at radius 1 is 1.10 bits per heavy atom. The summed E-state index contributed by atoms with van der Waals surface area (Å²) >= 11 is 0. The molecule has 0 bridgehead atoms. The van der Waals surface area contributed by atoms with Crippen molar-refractivity contribution in [3.8, 4) is 11.1 Å². The molecule has 3 aromatic rings. The molecule has 2 atom stereocenters. The van der Waals surface area contributed by atoms with Gasteiger partial charge < -0.3 is 15.0 Å². The third-order valence-electron chi connectivity index (χ3n) is 5.03. The van der Waals surface area contributed by atoms with Crippen molar-refractivity contribution in [3.05, 3.63) is 54.1 Å². The summed E-state index contributed by atoms with van der Waals surface area (Å²) in [7, 11) is 0. The van der Waals surface area contributed by atoms with Gasteiger partial charge in [-0.1, -0.05) is 31.2 Å². The molecule has 0 spiro atoms. The maximum absolute atomic E-state index is 14.4. The molecule has 3 heterocycles. The van der Waals surface area contributed by atoms with Crippen molar-refractivity contribution in [2.75, 3.05) is 23.3 Å². The second kappa shape index (κ2) is 8.71. The van der Waals surface area contributed by atoms with E-state index in [1.54, 1.807) is 6.20 Å². The molecule has 7 nitrogen and oxygen atoms in total. The summed E-state index contributed by atoms with van der Waals surface area (Å²) in [6.45, 7) is 7.42. The fourth-order valence-corrected chi connectivity index (χ4v) is 3.58. The number of hydrogen-bond acceptors (Lipinski definition) is 7. The van der Waals surface area contributed by atoms with Gasteiger partial charge in [-0.3, -0.25) is 0 Å². The van der Waals surface area contributed by atoms with Gasteiger partial charge in [0.25, 0.3) is 0 Å². The topological polar surface area (TPSA) is 76.1 Å². The van der Waals surface area contributed by atoms with Crippen LogP contribution < -0.4 is 10.2 Å². The minimum absolute atomic E-state index is 0.0560. The number of halogens is 1. The first kappa shape index (κ1) is 20.2. The molecule has 156 valence electrons. The van der Waals surface area contributed by atoms with E-state index in [0.717, 1.165) is 17.5 Å². The average Bonchev–Trinajstić information content (AvgIpc) is 2.75. The highest BCUT2D eigenvalue weighted by Gasteiger charge is 2.24. The van der Waals surface area contributed by atoms with Crippen molar-refractivity contribution in [2.45, 2.75) is 39.4 Å². The van der Waals surface area contributed by atoms with E-state index in [4.69, 9.17) is 4.74 Å². The molecule has 2 aromatic heterocycles. The first-order valence-electron chi connectivity index (χ1n) is 10.1. The SMILES string of the molecule is CCc1ccc(-c2cnnc(Nc3nc(N4C[C@@H](C)O[C@@H](C)C4)ncc3F)c2)cc1. The van der Waals surface area contributed by atoms with Crippen molar-refractivity contribution < 1.29 is 9.13 Å². The van der Waals surface area contributed by atoms with Crippen LogP contribution in [0.4, 0.5) is 22.0 Å². The maximum atomic E-state index is 14.4. The molecule has 30 heavy (non-hydrogen) atoms. The Bertz CT molecular complexity index is 1000. The lowest BCUT2D eigenvalue weighted by Gasteiger charge is -2.35. The van der Waals surface area contributed by atoms with Crippen LogP contribution in [-0.4, -0.2) is 45.5 Å². The van der Waals surface area contributed by atoms with Crippen LogP contribution in [0, 0.1) is 5.82 Å². The first-order chi connectivity index (χ1) is 14.5. The van der Waals surface area contributed by atoms with Crippen LogP contribution in [0.25, 0.3) is 11.1 Å². The summed E-state index contributed by atoms with van der Waals surface area (Å²) in [5.74, 6) is 0.395. The molecule has 1 fully saturated rings. The smallest absolute Gasteiger partial charge is 0.227 e. The number of nitrogens with zero attached hydrogens (tertiary/aromatic N) is 5. The van der Waals surface area contributed by atoms with Gasteiger partial charge in [0.15, 0.2) is 17.5 Å². The zero-order valence-corrected chi connectivity index (χ0v) is 17.3. The lowest BCUT2D eigenvalue weighted by atomic mass is 10.1. The molecule has 0 radical (unpaired) electrons. The molecule has 0 unspecified atom stereocenters. The zero-order chi connectivity index (χ0) is 21.1. The van der Waals surface area contributed by atoms with Gasteiger partial charge in [0.05, 0.1) is 24.6 Å². The standard InChI is InChI=1S/C22H25FN6O/c1-4-16-5-7-17(8-6-16)18-9-20(28-25-10-18)26-21-19(23)11-24-22(27-21)29-12-14(2)30-15(3)13-29/h5-11,14-15H,4,12-13H2,1-3H3,(H,24,26,27,28)/t14-,15+. The van der Waals surface area contributed by atoms with Gasteiger partial charge >= 0.3 is 0 Å². The zero-order valence-electron chi connectivity index (χ0n) is 17.3. The van der Waals surface area contributed by atoms with Crippen LogP contribution in [-0.2, 0) is 11.2 Å². The molecule has 1 N–H and O–H groups in total. The molecule has 0 saturated carbocycles. The van der Waals surface area contributed by atoms with Crippen LogP contribution in [0.3, 0.4) is 0 Å². The number of aryl methyl sites for hydroxylation is 1. The van der Waals surface area contributed by atoms with Crippen molar-refractivity contribution in [3.63, 3.8) is 0 Å². The third kappa shape index (κ3) is 4.54. The predicted molar refractivity (Wildman–Crippen MR) is 114 cm³/mol. The van der Waals surface area contributed by atoms with Gasteiger partial charge in [0.1, 0.15) is 0 Å². The number of nitrogens with one attached hydrogen (secondary N) is 1. The Hall–Kier alpha value is -3.13. The van der Waals surface area contributed by atoms with Gasteiger partial charge in [0, 0.05) is 18.7 Å². The second-order valence-corrected chi connectivity index (χ2v) is 7.53. The van der Waals surface area contributed by atoms with Crippen molar-refractivity contribution in [1.82, 2.24) is 20.2 Å². The molecule has 4 rings (SSSR count). The lowest BCUT2D eigenvalue weighted by molar-refractivity contribution is -0.00572. The molecule has 1 aromatic carbocycles. The Morgan fingerprint density at radius 2 is 1.83 bits per heavy atom. The monoisotopic (exact) mass is 408 g/mol. The molecule has 0 amide bonds. The summed E-state index contributed by atoms with van der Waals surface area (Å²) in [6, 6.07) is 10.1. The number of aromatic nitrogens is 4. The van der Waals surface area contributed by atoms with E-state index in [9.17, 15) is 4.39 Å². The number of rotatable bonds is 5. The summed E-state index contributed by atoms with van der Waals surface area (Å²) < 4.78 is 20.2. The highest BCUT2D eigenvalue weighted by atomic mass is 19.1. The molecule has 1 aliphatic heterocycles. The number of hydrogen-bond donors (Lipinski definition) is 1. The van der Waals surface area contributed by atoms with Gasteiger partial charge in [-0.2, -0.15) is 10.1 Å². The van der Waals surface area contributed by atoms with E-state index in [-0.39, 0.29) is 18.0 Å². The summed E-state index contributed by atoms with van der Waals surface area (Å²) in [5, 5.41) is 11.1. The van der Waals surface area contributed by atoms with Crippen molar-refractivity contribution in [1.29, 1.82) is 0 Å². The van der Waals surface area contributed by atoms with E-state index in [1.165, 1.54) is 11.8 Å². The van der Waals surface area contributed by atoms with Crippen molar-refractivity contribution >= 4 is 17.6 Å². The van der Waals surface area contributed by atoms with E-state index < -0.39 is 5.82 Å². The van der Waals surface area contributed by atoms with Gasteiger partial charge in [-0.05, 0) is 37.5 Å². The number of morpholine rings is 1.